The van der Waals surface area contributed by atoms with Gasteiger partial charge in [0, 0.05) is 18.0 Å². The Labute approximate surface area is 127 Å². The lowest BCUT2D eigenvalue weighted by molar-refractivity contribution is -0.105. The van der Waals surface area contributed by atoms with Crippen LogP contribution in [0, 0.1) is 0 Å². The van der Waals surface area contributed by atoms with Gasteiger partial charge in [0.15, 0.2) is 0 Å². The molecule has 1 aliphatic rings. The number of rotatable bonds is 3. The second kappa shape index (κ2) is 5.33. The van der Waals surface area contributed by atoms with Crippen molar-refractivity contribution in [2.75, 3.05) is 7.11 Å². The molecule has 0 spiro atoms. The minimum absolute atomic E-state index is 0.0143. The largest absolute Gasteiger partial charge is 0.497 e. The second-order valence-electron chi connectivity index (χ2n) is 4.80. The molecule has 0 amide bonds. The molecular weight excluding hydrogens is 284 g/mol. The number of methoxy groups -OCH3 is 1. The highest BCUT2D eigenvalue weighted by Crippen LogP contribution is 2.44. The summed E-state index contributed by atoms with van der Waals surface area (Å²) in [5.74, 6) is 0.787. The number of nitrogens with zero attached hydrogens (tertiary/aromatic N) is 2. The summed E-state index contributed by atoms with van der Waals surface area (Å²) in [6.45, 7) is 1.95. The van der Waals surface area contributed by atoms with E-state index >= 15 is 0 Å². The fourth-order valence-electron chi connectivity index (χ4n) is 2.23. The van der Waals surface area contributed by atoms with Gasteiger partial charge >= 0.3 is 0 Å². The third kappa shape index (κ3) is 2.56. The first-order chi connectivity index (χ1) is 10.1. The molecule has 3 rings (SSSR count). The molecular formula is C16H14N2O2S. The Morgan fingerprint density at radius 3 is 2.38 bits per heavy atom. The summed E-state index contributed by atoms with van der Waals surface area (Å²) in [5.41, 5.74) is 2.28. The fraction of sp³-hybridized carbons (Fsp3) is 0.188. The Bertz CT molecular complexity index is 698. The van der Waals surface area contributed by atoms with Crippen LogP contribution in [0.1, 0.15) is 18.1 Å². The van der Waals surface area contributed by atoms with Gasteiger partial charge in [0.2, 0.25) is 5.12 Å². The zero-order valence-electron chi connectivity index (χ0n) is 11.7. The summed E-state index contributed by atoms with van der Waals surface area (Å²) in [7, 11) is 1.63. The van der Waals surface area contributed by atoms with E-state index in [0.717, 1.165) is 16.9 Å². The van der Waals surface area contributed by atoms with E-state index in [1.54, 1.807) is 31.6 Å². The SMILES string of the molecule is COc1ccc(C2(C)N=C(c3ccncc3)C(=O)S2)cc1. The number of thioether (sulfide) groups is 1. The molecule has 4 nitrogen and oxygen atoms in total. The highest BCUT2D eigenvalue weighted by molar-refractivity contribution is 8.16. The smallest absolute Gasteiger partial charge is 0.240 e. The van der Waals surface area contributed by atoms with Crippen LogP contribution in [0.4, 0.5) is 0 Å². The molecule has 1 atom stereocenters. The number of benzene rings is 1. The Morgan fingerprint density at radius 2 is 1.76 bits per heavy atom. The summed E-state index contributed by atoms with van der Waals surface area (Å²) in [6.07, 6.45) is 3.33. The maximum absolute atomic E-state index is 12.3. The van der Waals surface area contributed by atoms with Crippen LogP contribution in [0.3, 0.4) is 0 Å². The molecule has 1 aromatic heterocycles. The fourth-order valence-corrected chi connectivity index (χ4v) is 3.24. The zero-order valence-corrected chi connectivity index (χ0v) is 12.6. The van der Waals surface area contributed by atoms with Gasteiger partial charge in [0.1, 0.15) is 16.3 Å². The maximum Gasteiger partial charge on any atom is 0.240 e. The topological polar surface area (TPSA) is 51.6 Å². The van der Waals surface area contributed by atoms with Crippen LogP contribution in [0.25, 0.3) is 0 Å². The minimum Gasteiger partial charge on any atom is -0.497 e. The van der Waals surface area contributed by atoms with Crippen molar-refractivity contribution in [2.24, 2.45) is 4.99 Å². The van der Waals surface area contributed by atoms with Gasteiger partial charge in [-0.3, -0.25) is 14.8 Å². The van der Waals surface area contributed by atoms with Crippen LogP contribution in [0.5, 0.6) is 5.75 Å². The lowest BCUT2D eigenvalue weighted by atomic mass is 10.1. The van der Waals surface area contributed by atoms with Crippen molar-refractivity contribution in [3.63, 3.8) is 0 Å². The van der Waals surface area contributed by atoms with E-state index in [4.69, 9.17) is 4.74 Å². The van der Waals surface area contributed by atoms with Gasteiger partial charge in [0.25, 0.3) is 0 Å². The number of hydrogen-bond donors (Lipinski definition) is 0. The molecule has 0 bridgehead atoms. The highest BCUT2D eigenvalue weighted by atomic mass is 32.2. The van der Waals surface area contributed by atoms with Crippen molar-refractivity contribution in [3.8, 4) is 5.75 Å². The lowest BCUT2D eigenvalue weighted by Gasteiger charge is -2.19. The summed E-state index contributed by atoms with van der Waals surface area (Å²) in [4.78, 5) is 20.3. The molecule has 1 unspecified atom stereocenters. The van der Waals surface area contributed by atoms with Crippen LogP contribution >= 0.6 is 11.8 Å². The molecule has 2 aromatic rings. The first-order valence-electron chi connectivity index (χ1n) is 6.50. The summed E-state index contributed by atoms with van der Waals surface area (Å²) < 4.78 is 5.16. The molecule has 21 heavy (non-hydrogen) atoms. The van der Waals surface area contributed by atoms with Gasteiger partial charge in [-0.1, -0.05) is 12.1 Å². The Morgan fingerprint density at radius 1 is 1.10 bits per heavy atom. The molecule has 5 heteroatoms. The molecule has 1 aliphatic heterocycles. The van der Waals surface area contributed by atoms with E-state index in [-0.39, 0.29) is 5.12 Å². The number of aromatic nitrogens is 1. The summed E-state index contributed by atoms with van der Waals surface area (Å²) in [5, 5.41) is -0.0143. The Balaban J connectivity index is 1.99. The van der Waals surface area contributed by atoms with E-state index in [2.05, 4.69) is 9.98 Å². The average molecular weight is 298 g/mol. The molecule has 1 aromatic carbocycles. The van der Waals surface area contributed by atoms with Gasteiger partial charge in [-0.15, -0.1) is 0 Å². The third-order valence-electron chi connectivity index (χ3n) is 3.39. The number of pyridine rings is 1. The molecule has 0 radical (unpaired) electrons. The van der Waals surface area contributed by atoms with Gasteiger partial charge in [0.05, 0.1) is 7.11 Å². The third-order valence-corrected chi connectivity index (χ3v) is 4.49. The molecule has 0 fully saturated rings. The number of carbonyl (C=O) groups excluding carboxylic acids is 1. The Hall–Kier alpha value is -2.14. The van der Waals surface area contributed by atoms with E-state index in [1.165, 1.54) is 11.8 Å². The number of ether oxygens (including phenoxy) is 1. The molecule has 106 valence electrons. The predicted octanol–water partition coefficient (Wildman–Crippen LogP) is 3.03. The van der Waals surface area contributed by atoms with Gasteiger partial charge in [-0.05, 0) is 48.5 Å². The van der Waals surface area contributed by atoms with Gasteiger partial charge < -0.3 is 4.74 Å². The van der Waals surface area contributed by atoms with E-state index < -0.39 is 4.87 Å². The molecule has 0 aliphatic carbocycles. The average Bonchev–Trinajstić information content (AvgIpc) is 2.84. The van der Waals surface area contributed by atoms with Gasteiger partial charge in [-0.25, -0.2) is 0 Å². The van der Waals surface area contributed by atoms with Crippen molar-refractivity contribution >= 4 is 22.6 Å². The number of aliphatic imine (C=N–C) groups is 1. The van der Waals surface area contributed by atoms with Crippen LogP contribution in [-0.2, 0) is 9.67 Å². The summed E-state index contributed by atoms with van der Waals surface area (Å²) >= 11 is 1.23. The summed E-state index contributed by atoms with van der Waals surface area (Å²) in [6, 6.07) is 11.3. The second-order valence-corrected chi connectivity index (χ2v) is 6.17. The lowest BCUT2D eigenvalue weighted by Crippen LogP contribution is -2.11. The first kappa shape index (κ1) is 13.8. The van der Waals surface area contributed by atoms with Crippen LogP contribution in [-0.4, -0.2) is 22.9 Å². The normalized spacial score (nSPS) is 21.2. The predicted molar refractivity (Wildman–Crippen MR) is 83.7 cm³/mol. The van der Waals surface area contributed by atoms with Crippen molar-refractivity contribution in [3.05, 3.63) is 59.9 Å². The highest BCUT2D eigenvalue weighted by Gasteiger charge is 2.39. The minimum atomic E-state index is -0.595. The van der Waals surface area contributed by atoms with E-state index in [1.807, 2.05) is 31.2 Å². The van der Waals surface area contributed by atoms with E-state index in [0.29, 0.717) is 5.71 Å². The van der Waals surface area contributed by atoms with Crippen molar-refractivity contribution < 1.29 is 9.53 Å². The first-order valence-corrected chi connectivity index (χ1v) is 7.32. The molecule has 2 heterocycles. The molecule has 0 saturated carbocycles. The zero-order chi connectivity index (χ0) is 14.9. The maximum atomic E-state index is 12.3. The quantitative estimate of drug-likeness (QED) is 0.874. The monoisotopic (exact) mass is 298 g/mol. The van der Waals surface area contributed by atoms with Crippen LogP contribution in [0.2, 0.25) is 0 Å². The molecule has 0 saturated heterocycles. The number of hydrogen-bond acceptors (Lipinski definition) is 5. The number of carbonyl (C=O) groups is 1. The van der Waals surface area contributed by atoms with E-state index in [9.17, 15) is 4.79 Å². The van der Waals surface area contributed by atoms with Crippen LogP contribution in [0.15, 0.2) is 53.8 Å². The van der Waals surface area contributed by atoms with Crippen molar-refractivity contribution in [2.45, 2.75) is 11.8 Å². The van der Waals surface area contributed by atoms with Crippen molar-refractivity contribution in [1.82, 2.24) is 4.98 Å². The van der Waals surface area contributed by atoms with Gasteiger partial charge in [-0.2, -0.15) is 0 Å². The Kier molecular flexibility index (Phi) is 3.51. The standard InChI is InChI=1S/C16H14N2O2S/c1-16(12-3-5-13(20-2)6-4-12)18-14(15(19)21-16)11-7-9-17-10-8-11/h3-10H,1-2H3. The van der Waals surface area contributed by atoms with Crippen molar-refractivity contribution in [1.29, 1.82) is 0 Å². The molecule has 0 N–H and O–H groups in total. The van der Waals surface area contributed by atoms with Crippen LogP contribution < -0.4 is 4.74 Å².